The predicted octanol–water partition coefficient (Wildman–Crippen LogP) is 3.47. The van der Waals surface area contributed by atoms with Crippen molar-refractivity contribution in [3.8, 4) is 0 Å². The van der Waals surface area contributed by atoms with Crippen LogP contribution in [0, 0.1) is 0 Å². The third-order valence-electron chi connectivity index (χ3n) is 3.03. The molecule has 2 aromatic rings. The van der Waals surface area contributed by atoms with Gasteiger partial charge >= 0.3 is 0 Å². The van der Waals surface area contributed by atoms with E-state index in [1.54, 1.807) is 17.6 Å². The number of rotatable bonds is 8. The van der Waals surface area contributed by atoms with Gasteiger partial charge in [0.2, 0.25) is 0 Å². The highest BCUT2D eigenvalue weighted by Gasteiger charge is 2.09. The molecule has 3 nitrogen and oxygen atoms in total. The average molecular weight is 278 g/mol. The van der Waals surface area contributed by atoms with E-state index < -0.39 is 0 Å². The first kappa shape index (κ1) is 14.3. The largest absolute Gasteiger partial charge is 0.468 e. The van der Waals surface area contributed by atoms with Gasteiger partial charge in [0.25, 0.3) is 0 Å². The van der Waals surface area contributed by atoms with Crippen LogP contribution in [0.1, 0.15) is 30.2 Å². The van der Waals surface area contributed by atoms with Crippen molar-refractivity contribution in [1.82, 2.24) is 10.2 Å². The molecule has 0 aliphatic rings. The Balaban J connectivity index is 1.86. The minimum Gasteiger partial charge on any atom is -0.468 e. The van der Waals surface area contributed by atoms with Gasteiger partial charge in [-0.3, -0.25) is 4.90 Å². The van der Waals surface area contributed by atoms with E-state index in [2.05, 4.69) is 47.1 Å². The van der Waals surface area contributed by atoms with Gasteiger partial charge in [-0.15, -0.1) is 0 Å². The molecule has 0 atom stereocenters. The molecule has 0 aliphatic carbocycles. The monoisotopic (exact) mass is 278 g/mol. The van der Waals surface area contributed by atoms with Crippen LogP contribution in [0.3, 0.4) is 0 Å². The number of nitrogens with zero attached hydrogens (tertiary/aromatic N) is 1. The average Bonchev–Trinajstić information content (AvgIpc) is 3.02. The zero-order chi connectivity index (χ0) is 13.5. The summed E-state index contributed by atoms with van der Waals surface area (Å²) < 4.78 is 5.61. The molecule has 1 N–H and O–H groups in total. The van der Waals surface area contributed by atoms with Gasteiger partial charge in [-0.1, -0.05) is 6.92 Å². The highest BCUT2D eigenvalue weighted by Crippen LogP contribution is 2.15. The zero-order valence-corrected chi connectivity index (χ0v) is 12.5. The van der Waals surface area contributed by atoms with E-state index in [1.165, 1.54) is 11.1 Å². The Bertz CT molecular complexity index is 464. The second-order valence-corrected chi connectivity index (χ2v) is 5.63. The van der Waals surface area contributed by atoms with Gasteiger partial charge in [-0.2, -0.15) is 11.3 Å². The van der Waals surface area contributed by atoms with Crippen molar-refractivity contribution in [1.29, 1.82) is 0 Å². The van der Waals surface area contributed by atoms with Crippen molar-refractivity contribution in [2.24, 2.45) is 0 Å². The quantitative estimate of drug-likeness (QED) is 0.749. The zero-order valence-electron chi connectivity index (χ0n) is 11.7. The van der Waals surface area contributed by atoms with E-state index >= 15 is 0 Å². The third kappa shape index (κ3) is 4.49. The normalized spacial score (nSPS) is 11.3. The lowest BCUT2D eigenvalue weighted by molar-refractivity contribution is 0.286. The summed E-state index contributed by atoms with van der Waals surface area (Å²) >= 11 is 1.75. The van der Waals surface area contributed by atoms with Gasteiger partial charge in [0.15, 0.2) is 0 Å². The summed E-state index contributed by atoms with van der Waals surface area (Å²) in [6.07, 6.45) is 2.95. The van der Waals surface area contributed by atoms with Crippen molar-refractivity contribution in [2.45, 2.75) is 33.0 Å². The SMILES string of the molecule is CCCNCc1ccoc1CN(C)Cc1ccsc1. The lowest BCUT2D eigenvalue weighted by Gasteiger charge is -2.15. The smallest absolute Gasteiger partial charge is 0.122 e. The van der Waals surface area contributed by atoms with Gasteiger partial charge in [0.05, 0.1) is 12.8 Å². The van der Waals surface area contributed by atoms with Crippen LogP contribution in [0.4, 0.5) is 0 Å². The Kier molecular flexibility index (Phi) is 5.63. The summed E-state index contributed by atoms with van der Waals surface area (Å²) in [5, 5.41) is 7.74. The summed E-state index contributed by atoms with van der Waals surface area (Å²) in [5.74, 6) is 1.07. The van der Waals surface area contributed by atoms with Crippen LogP contribution in [0.15, 0.2) is 33.6 Å². The molecule has 4 heteroatoms. The van der Waals surface area contributed by atoms with Gasteiger partial charge in [-0.25, -0.2) is 0 Å². The van der Waals surface area contributed by atoms with E-state index in [4.69, 9.17) is 4.42 Å². The topological polar surface area (TPSA) is 28.4 Å². The molecule has 0 bridgehead atoms. The van der Waals surface area contributed by atoms with Crippen LogP contribution in [0.25, 0.3) is 0 Å². The van der Waals surface area contributed by atoms with Crippen LogP contribution >= 0.6 is 11.3 Å². The van der Waals surface area contributed by atoms with Crippen molar-refractivity contribution in [2.75, 3.05) is 13.6 Å². The Hall–Kier alpha value is -1.10. The van der Waals surface area contributed by atoms with Gasteiger partial charge in [0, 0.05) is 18.7 Å². The minimum atomic E-state index is 0.853. The van der Waals surface area contributed by atoms with E-state index in [0.717, 1.165) is 38.4 Å². The molecule has 0 fully saturated rings. The first-order valence-corrected chi connectivity index (χ1v) is 7.69. The fourth-order valence-electron chi connectivity index (χ4n) is 2.06. The molecular weight excluding hydrogens is 256 g/mol. The van der Waals surface area contributed by atoms with Crippen molar-refractivity contribution in [3.05, 3.63) is 46.0 Å². The summed E-state index contributed by atoms with van der Waals surface area (Å²) in [6.45, 7) is 5.94. The molecule has 2 heterocycles. The second-order valence-electron chi connectivity index (χ2n) is 4.85. The van der Waals surface area contributed by atoms with Crippen molar-refractivity contribution >= 4 is 11.3 Å². The lowest BCUT2D eigenvalue weighted by Crippen LogP contribution is -2.19. The van der Waals surface area contributed by atoms with Crippen LogP contribution in [-0.2, 0) is 19.6 Å². The first-order valence-electron chi connectivity index (χ1n) is 6.75. The summed E-state index contributed by atoms with van der Waals surface area (Å²) in [5.41, 5.74) is 2.63. The minimum absolute atomic E-state index is 0.853. The molecule has 0 spiro atoms. The number of hydrogen-bond donors (Lipinski definition) is 1. The molecule has 0 radical (unpaired) electrons. The predicted molar refractivity (Wildman–Crippen MR) is 80.2 cm³/mol. The van der Waals surface area contributed by atoms with Gasteiger partial charge in [0.1, 0.15) is 5.76 Å². The molecule has 2 aromatic heterocycles. The molecule has 104 valence electrons. The van der Waals surface area contributed by atoms with E-state index in [9.17, 15) is 0 Å². The molecule has 0 aliphatic heterocycles. The molecule has 0 saturated heterocycles. The number of hydrogen-bond acceptors (Lipinski definition) is 4. The van der Waals surface area contributed by atoms with E-state index in [1.807, 2.05) is 0 Å². The van der Waals surface area contributed by atoms with Gasteiger partial charge in [-0.05, 0) is 48.5 Å². The summed E-state index contributed by atoms with van der Waals surface area (Å²) in [4.78, 5) is 2.28. The Labute approximate surface area is 119 Å². The molecule has 0 aromatic carbocycles. The third-order valence-corrected chi connectivity index (χ3v) is 3.76. The van der Waals surface area contributed by atoms with Crippen LogP contribution in [-0.4, -0.2) is 18.5 Å². The Morgan fingerprint density at radius 2 is 2.21 bits per heavy atom. The fraction of sp³-hybridized carbons (Fsp3) is 0.467. The fourth-order valence-corrected chi connectivity index (χ4v) is 2.72. The molecule has 0 amide bonds. The maximum absolute atomic E-state index is 5.61. The molecule has 0 unspecified atom stereocenters. The highest BCUT2D eigenvalue weighted by molar-refractivity contribution is 7.07. The molecular formula is C15H22N2OS. The summed E-state index contributed by atoms with van der Waals surface area (Å²) in [6, 6.07) is 4.24. The van der Waals surface area contributed by atoms with Crippen molar-refractivity contribution < 1.29 is 4.42 Å². The lowest BCUT2D eigenvalue weighted by atomic mass is 10.2. The van der Waals surface area contributed by atoms with Crippen LogP contribution in [0.2, 0.25) is 0 Å². The van der Waals surface area contributed by atoms with Gasteiger partial charge < -0.3 is 9.73 Å². The van der Waals surface area contributed by atoms with Crippen LogP contribution in [0.5, 0.6) is 0 Å². The Morgan fingerprint density at radius 1 is 1.32 bits per heavy atom. The standard InChI is InChI=1S/C15H22N2OS/c1-3-6-16-9-14-4-7-18-15(14)11-17(2)10-13-5-8-19-12-13/h4-5,7-8,12,16H,3,6,9-11H2,1-2H3. The molecule has 2 rings (SSSR count). The number of thiophene rings is 1. The highest BCUT2D eigenvalue weighted by atomic mass is 32.1. The molecule has 19 heavy (non-hydrogen) atoms. The second kappa shape index (κ2) is 7.48. The van der Waals surface area contributed by atoms with E-state index in [-0.39, 0.29) is 0 Å². The number of furan rings is 1. The summed E-state index contributed by atoms with van der Waals surface area (Å²) in [7, 11) is 2.13. The Morgan fingerprint density at radius 3 is 2.95 bits per heavy atom. The van der Waals surface area contributed by atoms with Crippen LogP contribution < -0.4 is 5.32 Å². The maximum atomic E-state index is 5.61. The molecule has 0 saturated carbocycles. The first-order chi connectivity index (χ1) is 9.29. The van der Waals surface area contributed by atoms with Crippen molar-refractivity contribution in [3.63, 3.8) is 0 Å². The van der Waals surface area contributed by atoms with E-state index in [0.29, 0.717) is 0 Å². The maximum Gasteiger partial charge on any atom is 0.122 e. The number of nitrogens with one attached hydrogen (secondary N) is 1.